The third kappa shape index (κ3) is 5.10. The Hall–Kier alpha value is -3.23. The maximum atomic E-state index is 12.7. The zero-order valence-corrected chi connectivity index (χ0v) is 18.0. The van der Waals surface area contributed by atoms with Crippen molar-refractivity contribution in [2.45, 2.75) is 11.9 Å². The molecule has 1 aliphatic rings. The van der Waals surface area contributed by atoms with Crippen molar-refractivity contribution in [3.63, 3.8) is 0 Å². The van der Waals surface area contributed by atoms with Crippen LogP contribution < -0.4 is 19.5 Å². The minimum atomic E-state index is -0.558. The van der Waals surface area contributed by atoms with Gasteiger partial charge in [0.25, 0.3) is 0 Å². The van der Waals surface area contributed by atoms with E-state index in [0.717, 1.165) is 17.3 Å². The highest BCUT2D eigenvalue weighted by Crippen LogP contribution is 2.34. The van der Waals surface area contributed by atoms with Gasteiger partial charge in [-0.25, -0.2) is 9.78 Å². The number of anilines is 1. The molecule has 9 heteroatoms. The fourth-order valence-electron chi connectivity index (χ4n) is 2.85. The Labute approximate surface area is 187 Å². The van der Waals surface area contributed by atoms with Crippen LogP contribution in [0.25, 0.3) is 0 Å². The van der Waals surface area contributed by atoms with Crippen LogP contribution in [-0.4, -0.2) is 29.4 Å². The Kier molecular flexibility index (Phi) is 6.29. The van der Waals surface area contributed by atoms with Crippen LogP contribution in [0.15, 0.2) is 59.8 Å². The summed E-state index contributed by atoms with van der Waals surface area (Å²) in [6, 6.07) is 13.4. The molecule has 0 radical (unpaired) electrons. The number of amides is 1. The molecule has 0 unspecified atom stereocenters. The Morgan fingerprint density at radius 3 is 2.84 bits per heavy atom. The smallest absolute Gasteiger partial charge is 0.346 e. The zero-order chi connectivity index (χ0) is 21.8. The van der Waals surface area contributed by atoms with Crippen LogP contribution in [-0.2, 0) is 4.79 Å². The SMILES string of the molecule is Cc1cc(Cl)ccc1OC(=O)c1cccnc1SCC(=O)Nc1ccc2c(c1)OCO2. The van der Waals surface area contributed by atoms with Crippen LogP contribution >= 0.6 is 23.4 Å². The summed E-state index contributed by atoms with van der Waals surface area (Å²) in [6.45, 7) is 1.96. The summed E-state index contributed by atoms with van der Waals surface area (Å²) in [5.41, 5.74) is 1.61. The first-order valence-corrected chi connectivity index (χ1v) is 10.6. The van der Waals surface area contributed by atoms with Gasteiger partial charge in [0.1, 0.15) is 10.8 Å². The van der Waals surface area contributed by atoms with Crippen LogP contribution in [0.1, 0.15) is 15.9 Å². The number of nitrogens with one attached hydrogen (secondary N) is 1. The van der Waals surface area contributed by atoms with Gasteiger partial charge in [-0.15, -0.1) is 0 Å². The van der Waals surface area contributed by atoms with Crippen molar-refractivity contribution in [1.82, 2.24) is 4.98 Å². The molecule has 0 atom stereocenters. The quantitative estimate of drug-likeness (QED) is 0.326. The first-order valence-electron chi connectivity index (χ1n) is 9.25. The van der Waals surface area contributed by atoms with E-state index in [4.69, 9.17) is 25.8 Å². The molecule has 2 aromatic carbocycles. The van der Waals surface area contributed by atoms with E-state index in [1.54, 1.807) is 61.7 Å². The summed E-state index contributed by atoms with van der Waals surface area (Å²) in [7, 11) is 0. The summed E-state index contributed by atoms with van der Waals surface area (Å²) >= 11 is 7.09. The number of aryl methyl sites for hydroxylation is 1. The van der Waals surface area contributed by atoms with Crippen LogP contribution in [0.4, 0.5) is 5.69 Å². The molecule has 1 amide bonds. The fraction of sp³-hybridized carbons (Fsp3) is 0.136. The van der Waals surface area contributed by atoms with Crippen LogP contribution in [0.2, 0.25) is 5.02 Å². The van der Waals surface area contributed by atoms with Gasteiger partial charge in [0.2, 0.25) is 12.7 Å². The number of carbonyl (C=O) groups excluding carboxylic acids is 2. The van der Waals surface area contributed by atoms with Gasteiger partial charge in [-0.3, -0.25) is 4.79 Å². The lowest BCUT2D eigenvalue weighted by Crippen LogP contribution is -2.15. The lowest BCUT2D eigenvalue weighted by molar-refractivity contribution is -0.113. The minimum absolute atomic E-state index is 0.0612. The topological polar surface area (TPSA) is 86.8 Å². The molecule has 158 valence electrons. The number of ether oxygens (including phenoxy) is 3. The first kappa shape index (κ1) is 21.0. The number of thioether (sulfide) groups is 1. The molecule has 0 saturated heterocycles. The molecule has 3 aromatic rings. The number of aromatic nitrogens is 1. The maximum Gasteiger partial charge on any atom is 0.346 e. The fourth-order valence-corrected chi connectivity index (χ4v) is 3.86. The number of fused-ring (bicyclic) bond motifs is 1. The average molecular weight is 457 g/mol. The van der Waals surface area contributed by atoms with Crippen molar-refractivity contribution < 1.29 is 23.8 Å². The van der Waals surface area contributed by atoms with E-state index < -0.39 is 5.97 Å². The summed E-state index contributed by atoms with van der Waals surface area (Å²) < 4.78 is 16.1. The van der Waals surface area contributed by atoms with Crippen LogP contribution in [0.3, 0.4) is 0 Å². The Morgan fingerprint density at radius 2 is 2.00 bits per heavy atom. The largest absolute Gasteiger partial charge is 0.454 e. The first-order chi connectivity index (χ1) is 15.0. The lowest BCUT2D eigenvalue weighted by atomic mass is 10.2. The molecule has 7 nitrogen and oxygen atoms in total. The number of pyridine rings is 1. The van der Waals surface area contributed by atoms with E-state index in [9.17, 15) is 9.59 Å². The van der Waals surface area contributed by atoms with Crippen molar-refractivity contribution in [3.05, 3.63) is 70.9 Å². The number of halogens is 1. The van der Waals surface area contributed by atoms with Crippen LogP contribution in [0, 0.1) is 6.92 Å². The lowest BCUT2D eigenvalue weighted by Gasteiger charge is -2.10. The predicted octanol–water partition coefficient (Wildman–Crippen LogP) is 4.72. The molecule has 1 N–H and O–H groups in total. The standard InChI is InChI=1S/C22H17ClN2O5S/c1-13-9-14(23)4-6-17(13)30-22(27)16-3-2-8-24-21(16)31-11-20(26)25-15-5-7-18-19(10-15)29-12-28-18/h2-10H,11-12H2,1H3,(H,25,26). The Morgan fingerprint density at radius 1 is 1.16 bits per heavy atom. The number of benzene rings is 2. The second-order valence-electron chi connectivity index (χ2n) is 6.56. The van der Waals surface area contributed by atoms with Gasteiger partial charge in [0.15, 0.2) is 11.5 Å². The number of esters is 1. The molecular formula is C22H17ClN2O5S. The molecule has 0 bridgehead atoms. The second-order valence-corrected chi connectivity index (χ2v) is 7.96. The Bertz CT molecular complexity index is 1150. The molecule has 0 fully saturated rings. The molecule has 4 rings (SSSR count). The highest BCUT2D eigenvalue weighted by molar-refractivity contribution is 8.00. The predicted molar refractivity (Wildman–Crippen MR) is 117 cm³/mol. The van der Waals surface area contributed by atoms with Gasteiger partial charge >= 0.3 is 5.97 Å². The van der Waals surface area contributed by atoms with E-state index in [2.05, 4.69) is 10.3 Å². The van der Waals surface area contributed by atoms with E-state index in [1.165, 1.54) is 0 Å². The third-order valence-electron chi connectivity index (χ3n) is 4.33. The number of hydrogen-bond donors (Lipinski definition) is 1. The number of nitrogens with zero attached hydrogens (tertiary/aromatic N) is 1. The van der Waals surface area contributed by atoms with Gasteiger partial charge in [0, 0.05) is 23.0 Å². The molecule has 31 heavy (non-hydrogen) atoms. The van der Waals surface area contributed by atoms with Gasteiger partial charge in [-0.2, -0.15) is 0 Å². The van der Waals surface area contributed by atoms with Crippen molar-refractivity contribution in [2.24, 2.45) is 0 Å². The number of rotatable bonds is 6. The number of carbonyl (C=O) groups is 2. The van der Waals surface area contributed by atoms with Crippen molar-refractivity contribution in [3.8, 4) is 17.2 Å². The maximum absolute atomic E-state index is 12.7. The monoisotopic (exact) mass is 456 g/mol. The molecule has 0 aliphatic carbocycles. The van der Waals surface area contributed by atoms with Crippen molar-refractivity contribution >= 4 is 40.9 Å². The van der Waals surface area contributed by atoms with Gasteiger partial charge in [-0.05, 0) is 55.0 Å². The van der Waals surface area contributed by atoms with E-state index in [0.29, 0.717) is 33.0 Å². The zero-order valence-electron chi connectivity index (χ0n) is 16.4. The number of hydrogen-bond acceptors (Lipinski definition) is 7. The van der Waals surface area contributed by atoms with Gasteiger partial charge < -0.3 is 19.5 Å². The van der Waals surface area contributed by atoms with Crippen LogP contribution in [0.5, 0.6) is 17.2 Å². The molecule has 0 saturated carbocycles. The van der Waals surface area contributed by atoms with E-state index >= 15 is 0 Å². The second kappa shape index (κ2) is 9.28. The highest BCUT2D eigenvalue weighted by atomic mass is 35.5. The normalized spacial score (nSPS) is 11.8. The third-order valence-corrected chi connectivity index (χ3v) is 5.57. The molecule has 1 aromatic heterocycles. The molecular weight excluding hydrogens is 440 g/mol. The van der Waals surface area contributed by atoms with Crippen molar-refractivity contribution in [2.75, 3.05) is 17.9 Å². The van der Waals surface area contributed by atoms with E-state index in [1.807, 2.05) is 0 Å². The molecule has 1 aliphatic heterocycles. The van der Waals surface area contributed by atoms with E-state index in [-0.39, 0.29) is 24.0 Å². The summed E-state index contributed by atoms with van der Waals surface area (Å²) in [4.78, 5) is 29.3. The Balaban J connectivity index is 1.40. The average Bonchev–Trinajstić information content (AvgIpc) is 3.22. The minimum Gasteiger partial charge on any atom is -0.454 e. The van der Waals surface area contributed by atoms with Gasteiger partial charge in [0.05, 0.1) is 11.3 Å². The highest BCUT2D eigenvalue weighted by Gasteiger charge is 2.18. The summed E-state index contributed by atoms with van der Waals surface area (Å²) in [5.74, 6) is 0.887. The summed E-state index contributed by atoms with van der Waals surface area (Å²) in [5, 5.41) is 3.75. The van der Waals surface area contributed by atoms with Crippen molar-refractivity contribution in [1.29, 1.82) is 0 Å². The molecule has 0 spiro atoms. The summed E-state index contributed by atoms with van der Waals surface area (Å²) in [6.07, 6.45) is 1.56. The van der Waals surface area contributed by atoms with Gasteiger partial charge in [-0.1, -0.05) is 23.4 Å². The molecule has 2 heterocycles.